The number of aryl methyl sites for hydroxylation is 1. The molecule has 5 heteroatoms. The SMILES string of the molecule is Cn1c(-c2ccc3c4cccc(-c5ccoc5)c4n(-c4cccc(-c5ccccn5)c4)c3c2)nc2ccccc21. The Kier molecular flexibility index (Phi) is 4.97. The van der Waals surface area contributed by atoms with Crippen molar-refractivity contribution in [3.05, 3.63) is 128 Å². The zero-order chi connectivity index (χ0) is 26.6. The quantitative estimate of drug-likeness (QED) is 0.235. The number of rotatable bonds is 4. The van der Waals surface area contributed by atoms with E-state index in [1.54, 1.807) is 6.26 Å². The number of aromatic nitrogens is 4. The van der Waals surface area contributed by atoms with E-state index in [4.69, 9.17) is 9.40 Å². The predicted molar refractivity (Wildman–Crippen MR) is 161 cm³/mol. The highest BCUT2D eigenvalue weighted by Crippen LogP contribution is 2.40. The lowest BCUT2D eigenvalue weighted by Gasteiger charge is -2.13. The molecule has 0 atom stereocenters. The van der Waals surface area contributed by atoms with Crippen LogP contribution in [-0.4, -0.2) is 19.1 Å². The van der Waals surface area contributed by atoms with Crippen molar-refractivity contribution in [2.45, 2.75) is 0 Å². The highest BCUT2D eigenvalue weighted by atomic mass is 16.3. The van der Waals surface area contributed by atoms with Crippen LogP contribution in [0.15, 0.2) is 132 Å². The number of hydrogen-bond acceptors (Lipinski definition) is 3. The molecular weight excluding hydrogens is 492 g/mol. The molecule has 0 fully saturated rings. The van der Waals surface area contributed by atoms with E-state index in [-0.39, 0.29) is 0 Å². The van der Waals surface area contributed by atoms with Gasteiger partial charge in [0, 0.05) is 52.0 Å². The minimum Gasteiger partial charge on any atom is -0.472 e. The van der Waals surface area contributed by atoms with E-state index in [0.717, 1.165) is 61.5 Å². The van der Waals surface area contributed by atoms with Gasteiger partial charge in [-0.3, -0.25) is 4.98 Å². The van der Waals surface area contributed by atoms with Crippen LogP contribution >= 0.6 is 0 Å². The molecule has 0 aliphatic carbocycles. The van der Waals surface area contributed by atoms with Gasteiger partial charge in [-0.1, -0.05) is 60.7 Å². The first-order valence-electron chi connectivity index (χ1n) is 13.3. The Morgan fingerprint density at radius 3 is 2.42 bits per heavy atom. The number of nitrogens with zero attached hydrogens (tertiary/aromatic N) is 4. The molecule has 0 aliphatic rings. The summed E-state index contributed by atoms with van der Waals surface area (Å²) in [6, 6.07) is 38.1. The number of hydrogen-bond donors (Lipinski definition) is 0. The van der Waals surface area contributed by atoms with Crippen molar-refractivity contribution in [3.63, 3.8) is 0 Å². The Bertz CT molecular complexity index is 2170. The van der Waals surface area contributed by atoms with E-state index in [0.29, 0.717) is 0 Å². The van der Waals surface area contributed by atoms with E-state index in [1.165, 1.54) is 10.8 Å². The summed E-state index contributed by atoms with van der Waals surface area (Å²) in [4.78, 5) is 9.60. The summed E-state index contributed by atoms with van der Waals surface area (Å²) in [6.07, 6.45) is 5.38. The highest BCUT2D eigenvalue weighted by molar-refractivity contribution is 6.14. The zero-order valence-electron chi connectivity index (χ0n) is 21.8. The fourth-order valence-electron chi connectivity index (χ4n) is 5.87. The van der Waals surface area contributed by atoms with Crippen LogP contribution in [0, 0.1) is 0 Å². The average Bonchev–Trinajstić information content (AvgIpc) is 3.74. The van der Waals surface area contributed by atoms with Gasteiger partial charge < -0.3 is 13.6 Å². The van der Waals surface area contributed by atoms with E-state index in [9.17, 15) is 0 Å². The Labute approximate surface area is 230 Å². The second-order valence-electron chi connectivity index (χ2n) is 10.0. The molecule has 0 bridgehead atoms. The van der Waals surface area contributed by atoms with E-state index >= 15 is 0 Å². The lowest BCUT2D eigenvalue weighted by atomic mass is 10.0. The molecule has 4 aromatic heterocycles. The Morgan fingerprint density at radius 1 is 0.675 bits per heavy atom. The van der Waals surface area contributed by atoms with Crippen molar-refractivity contribution in [1.29, 1.82) is 0 Å². The van der Waals surface area contributed by atoms with Crippen molar-refractivity contribution >= 4 is 32.8 Å². The smallest absolute Gasteiger partial charge is 0.140 e. The molecule has 0 aliphatic heterocycles. The van der Waals surface area contributed by atoms with E-state index in [2.05, 4.69) is 100 Å². The van der Waals surface area contributed by atoms with Crippen molar-refractivity contribution in [2.24, 2.45) is 7.05 Å². The second-order valence-corrected chi connectivity index (χ2v) is 10.0. The summed E-state index contributed by atoms with van der Waals surface area (Å²) >= 11 is 0. The summed E-state index contributed by atoms with van der Waals surface area (Å²) in [7, 11) is 2.08. The first kappa shape index (κ1) is 22.6. The summed E-state index contributed by atoms with van der Waals surface area (Å²) in [6.45, 7) is 0. The van der Waals surface area contributed by atoms with Gasteiger partial charge in [0.05, 0.1) is 40.3 Å². The molecule has 0 saturated heterocycles. The van der Waals surface area contributed by atoms with Crippen LogP contribution in [0.1, 0.15) is 0 Å². The third kappa shape index (κ3) is 3.41. The van der Waals surface area contributed by atoms with Gasteiger partial charge in [0.25, 0.3) is 0 Å². The monoisotopic (exact) mass is 516 g/mol. The minimum atomic E-state index is 0.942. The largest absolute Gasteiger partial charge is 0.472 e. The maximum Gasteiger partial charge on any atom is 0.140 e. The second kappa shape index (κ2) is 8.82. The molecule has 0 saturated carbocycles. The minimum absolute atomic E-state index is 0.942. The third-order valence-electron chi connectivity index (χ3n) is 7.73. The Hall–Kier alpha value is -5.42. The number of benzene rings is 4. The van der Waals surface area contributed by atoms with Gasteiger partial charge in [0.1, 0.15) is 5.82 Å². The fraction of sp³-hybridized carbons (Fsp3) is 0.0286. The highest BCUT2D eigenvalue weighted by Gasteiger charge is 2.19. The Morgan fingerprint density at radius 2 is 1.57 bits per heavy atom. The lowest BCUT2D eigenvalue weighted by molar-refractivity contribution is 0.568. The average molecular weight is 517 g/mol. The van der Waals surface area contributed by atoms with Gasteiger partial charge in [0.2, 0.25) is 0 Å². The molecule has 0 radical (unpaired) electrons. The third-order valence-corrected chi connectivity index (χ3v) is 7.73. The summed E-state index contributed by atoms with van der Waals surface area (Å²) < 4.78 is 10.0. The van der Waals surface area contributed by atoms with Gasteiger partial charge in [-0.05, 0) is 48.5 Å². The van der Waals surface area contributed by atoms with Gasteiger partial charge >= 0.3 is 0 Å². The lowest BCUT2D eigenvalue weighted by Crippen LogP contribution is -1.97. The molecule has 8 rings (SSSR count). The van der Waals surface area contributed by atoms with E-state index in [1.807, 2.05) is 42.8 Å². The van der Waals surface area contributed by atoms with Crippen LogP contribution in [0.4, 0.5) is 0 Å². The van der Waals surface area contributed by atoms with Crippen LogP contribution in [0.3, 0.4) is 0 Å². The number of para-hydroxylation sites is 3. The molecule has 0 spiro atoms. The molecule has 5 nitrogen and oxygen atoms in total. The standard InChI is InChI=1S/C35H24N4O/c1-38-32-14-3-2-13-31(32)37-35(38)24-15-16-28-29-11-7-10-27(25-17-19-40-22-25)34(29)39(33(28)21-24)26-9-6-8-23(20-26)30-12-4-5-18-36-30/h2-22H,1H3. The van der Waals surface area contributed by atoms with Crippen LogP contribution in [0.25, 0.3) is 72.3 Å². The molecule has 40 heavy (non-hydrogen) atoms. The number of furan rings is 1. The maximum atomic E-state index is 5.50. The molecule has 0 N–H and O–H groups in total. The topological polar surface area (TPSA) is 48.8 Å². The summed E-state index contributed by atoms with van der Waals surface area (Å²) in [5.41, 5.74) is 10.7. The van der Waals surface area contributed by atoms with Gasteiger partial charge in [0.15, 0.2) is 0 Å². The van der Waals surface area contributed by atoms with Crippen LogP contribution in [0.2, 0.25) is 0 Å². The number of pyridine rings is 1. The maximum absolute atomic E-state index is 5.50. The molecule has 4 aromatic carbocycles. The first-order chi connectivity index (χ1) is 19.8. The molecule has 8 aromatic rings. The van der Waals surface area contributed by atoms with Crippen LogP contribution in [-0.2, 0) is 7.05 Å². The van der Waals surface area contributed by atoms with Gasteiger partial charge in [-0.2, -0.15) is 0 Å². The molecule has 4 heterocycles. The molecule has 190 valence electrons. The fourth-order valence-corrected chi connectivity index (χ4v) is 5.87. The molecule has 0 amide bonds. The van der Waals surface area contributed by atoms with Crippen molar-refractivity contribution in [2.75, 3.05) is 0 Å². The number of fused-ring (bicyclic) bond motifs is 4. The number of imidazole rings is 1. The van der Waals surface area contributed by atoms with Crippen molar-refractivity contribution in [3.8, 4) is 39.5 Å². The summed E-state index contributed by atoms with van der Waals surface area (Å²) in [5.74, 6) is 0.942. The van der Waals surface area contributed by atoms with E-state index < -0.39 is 0 Å². The zero-order valence-corrected chi connectivity index (χ0v) is 21.8. The Balaban J connectivity index is 1.45. The van der Waals surface area contributed by atoms with Gasteiger partial charge in [-0.15, -0.1) is 0 Å². The first-order valence-corrected chi connectivity index (χ1v) is 13.3. The van der Waals surface area contributed by atoms with Crippen LogP contribution < -0.4 is 0 Å². The van der Waals surface area contributed by atoms with Gasteiger partial charge in [-0.25, -0.2) is 4.98 Å². The van der Waals surface area contributed by atoms with Crippen molar-refractivity contribution in [1.82, 2.24) is 19.1 Å². The predicted octanol–water partition coefficient (Wildman–Crippen LogP) is 8.66. The van der Waals surface area contributed by atoms with Crippen LogP contribution in [0.5, 0.6) is 0 Å². The summed E-state index contributed by atoms with van der Waals surface area (Å²) in [5, 5.41) is 2.37. The normalized spacial score (nSPS) is 11.6. The molecule has 0 unspecified atom stereocenters. The van der Waals surface area contributed by atoms with Crippen molar-refractivity contribution < 1.29 is 4.42 Å². The molecular formula is C35H24N4O.